The smallest absolute Gasteiger partial charge is 0.241 e. The summed E-state index contributed by atoms with van der Waals surface area (Å²) in [4.78, 5) is 17.5. The van der Waals surface area contributed by atoms with Crippen LogP contribution in [0.4, 0.5) is 0 Å². The zero-order valence-corrected chi connectivity index (χ0v) is 18.1. The van der Waals surface area contributed by atoms with Crippen molar-refractivity contribution in [2.75, 3.05) is 6.61 Å². The Hall–Kier alpha value is -1.34. The Morgan fingerprint density at radius 2 is 2.04 bits per heavy atom. The molecule has 1 aliphatic carbocycles. The van der Waals surface area contributed by atoms with E-state index in [0.29, 0.717) is 13.0 Å². The summed E-state index contributed by atoms with van der Waals surface area (Å²) in [6.07, 6.45) is 0.550. The van der Waals surface area contributed by atoms with Gasteiger partial charge >= 0.3 is 0 Å². The molecule has 8 heteroatoms. The first-order valence-electron chi connectivity index (χ1n) is 8.85. The Morgan fingerprint density at radius 1 is 1.41 bits per heavy atom. The van der Waals surface area contributed by atoms with Crippen LogP contribution in [0.5, 0.6) is 0 Å². The lowest BCUT2D eigenvalue weighted by molar-refractivity contribution is -0.171. The van der Waals surface area contributed by atoms with Crippen molar-refractivity contribution in [3.8, 4) is 0 Å². The van der Waals surface area contributed by atoms with Gasteiger partial charge in [0.1, 0.15) is 11.4 Å². The average Bonchev–Trinajstić information content (AvgIpc) is 2.92. The van der Waals surface area contributed by atoms with Gasteiger partial charge in [-0.25, -0.2) is 4.98 Å². The molecular formula is C19H30Cl2N4O2. The molecule has 3 unspecified atom stereocenters. The molecule has 0 saturated heterocycles. The number of carbonyl (C=O) groups excluding carboxylic acids is 1. The molecule has 1 aliphatic rings. The fourth-order valence-corrected chi connectivity index (χ4v) is 3.76. The fraction of sp³-hybridized carbons (Fsp3) is 0.579. The highest BCUT2D eigenvalue weighted by Gasteiger charge is 2.63. The van der Waals surface area contributed by atoms with Crippen LogP contribution >= 0.6 is 24.8 Å². The van der Waals surface area contributed by atoms with E-state index < -0.39 is 11.0 Å². The number of ether oxygens (including phenoxy) is 1. The average molecular weight is 417 g/mol. The zero-order chi connectivity index (χ0) is 18.4. The first-order chi connectivity index (χ1) is 11.7. The SMILES string of the molecule is CCOC1CC(N)(C(=O)NC(C)c2nc3ccccc3n2C)C1(C)C.Cl.Cl. The highest BCUT2D eigenvalue weighted by atomic mass is 35.5. The van der Waals surface area contributed by atoms with E-state index in [1.807, 2.05) is 63.6 Å². The lowest BCUT2D eigenvalue weighted by Gasteiger charge is -2.57. The van der Waals surface area contributed by atoms with Gasteiger partial charge in [-0.05, 0) is 26.0 Å². The van der Waals surface area contributed by atoms with Crippen LogP contribution in [-0.2, 0) is 16.6 Å². The number of hydrogen-bond donors (Lipinski definition) is 2. The number of aryl methyl sites for hydroxylation is 1. The topological polar surface area (TPSA) is 82.2 Å². The standard InChI is InChI=1S/C19H28N4O2.2ClH/c1-6-25-15-11-19(20,18(15,3)4)17(24)21-12(2)16-22-13-9-7-8-10-14(13)23(16)5;;/h7-10,12,15H,6,11,20H2,1-5H3,(H,21,24);2*1H. The van der Waals surface area contributed by atoms with Crippen molar-refractivity contribution in [3.05, 3.63) is 30.1 Å². The molecule has 152 valence electrons. The lowest BCUT2D eigenvalue weighted by atomic mass is 9.54. The number of fused-ring (bicyclic) bond motifs is 1. The highest BCUT2D eigenvalue weighted by Crippen LogP contribution is 2.50. The third-order valence-corrected chi connectivity index (χ3v) is 5.79. The Morgan fingerprint density at radius 3 is 2.59 bits per heavy atom. The molecule has 0 spiro atoms. The maximum Gasteiger partial charge on any atom is 0.241 e. The Balaban J connectivity index is 0.00000182. The molecule has 1 amide bonds. The molecule has 3 atom stereocenters. The van der Waals surface area contributed by atoms with Gasteiger partial charge in [0.05, 0.1) is 23.2 Å². The van der Waals surface area contributed by atoms with E-state index in [-0.39, 0.29) is 42.9 Å². The lowest BCUT2D eigenvalue weighted by Crippen LogP contribution is -2.75. The van der Waals surface area contributed by atoms with Crippen molar-refractivity contribution in [1.29, 1.82) is 0 Å². The highest BCUT2D eigenvalue weighted by molar-refractivity contribution is 5.89. The number of imidazole rings is 1. The number of rotatable bonds is 5. The van der Waals surface area contributed by atoms with Crippen LogP contribution in [-0.4, -0.2) is 33.7 Å². The third kappa shape index (κ3) is 3.68. The second-order valence-electron chi connectivity index (χ2n) is 7.55. The van der Waals surface area contributed by atoms with E-state index in [1.54, 1.807) is 0 Å². The molecule has 3 rings (SSSR count). The number of para-hydroxylation sites is 2. The molecule has 1 heterocycles. The first kappa shape index (κ1) is 23.7. The van der Waals surface area contributed by atoms with E-state index in [1.165, 1.54) is 0 Å². The number of nitrogens with zero attached hydrogens (tertiary/aromatic N) is 2. The number of amides is 1. The van der Waals surface area contributed by atoms with Crippen LogP contribution < -0.4 is 11.1 Å². The van der Waals surface area contributed by atoms with Crippen LogP contribution in [0.15, 0.2) is 24.3 Å². The monoisotopic (exact) mass is 416 g/mol. The predicted octanol–water partition coefficient (Wildman–Crippen LogP) is 3.13. The Kier molecular flexibility index (Phi) is 7.33. The van der Waals surface area contributed by atoms with Gasteiger partial charge < -0.3 is 20.4 Å². The summed E-state index contributed by atoms with van der Waals surface area (Å²) < 4.78 is 7.72. The van der Waals surface area contributed by atoms with Gasteiger partial charge in [0.2, 0.25) is 5.91 Å². The molecule has 0 radical (unpaired) electrons. The van der Waals surface area contributed by atoms with E-state index in [0.717, 1.165) is 16.9 Å². The molecule has 1 aromatic carbocycles. The van der Waals surface area contributed by atoms with Gasteiger partial charge in [-0.2, -0.15) is 0 Å². The summed E-state index contributed by atoms with van der Waals surface area (Å²) in [6.45, 7) is 8.52. The summed E-state index contributed by atoms with van der Waals surface area (Å²) in [7, 11) is 1.96. The zero-order valence-electron chi connectivity index (χ0n) is 16.5. The molecule has 27 heavy (non-hydrogen) atoms. The molecular weight excluding hydrogens is 387 g/mol. The van der Waals surface area contributed by atoms with Crippen LogP contribution in [0, 0.1) is 5.41 Å². The maximum absolute atomic E-state index is 12.9. The van der Waals surface area contributed by atoms with Gasteiger partial charge in [0, 0.05) is 25.5 Å². The fourth-order valence-electron chi connectivity index (χ4n) is 3.76. The predicted molar refractivity (Wildman–Crippen MR) is 112 cm³/mol. The van der Waals surface area contributed by atoms with Gasteiger partial charge in [0.15, 0.2) is 0 Å². The Labute approximate surface area is 173 Å². The van der Waals surface area contributed by atoms with E-state index in [9.17, 15) is 4.79 Å². The van der Waals surface area contributed by atoms with Crippen molar-refractivity contribution < 1.29 is 9.53 Å². The number of aromatic nitrogens is 2. The molecule has 6 nitrogen and oxygen atoms in total. The number of carbonyl (C=O) groups is 1. The quantitative estimate of drug-likeness (QED) is 0.783. The second kappa shape index (κ2) is 8.35. The molecule has 2 aromatic rings. The van der Waals surface area contributed by atoms with Crippen molar-refractivity contribution in [1.82, 2.24) is 14.9 Å². The van der Waals surface area contributed by atoms with E-state index in [2.05, 4.69) is 10.3 Å². The minimum atomic E-state index is -0.925. The molecule has 0 bridgehead atoms. The van der Waals surface area contributed by atoms with Crippen molar-refractivity contribution >= 4 is 41.8 Å². The third-order valence-electron chi connectivity index (χ3n) is 5.79. The molecule has 1 fully saturated rings. The first-order valence-corrected chi connectivity index (χ1v) is 8.85. The Bertz CT molecular complexity index is 808. The van der Waals surface area contributed by atoms with E-state index >= 15 is 0 Å². The second-order valence-corrected chi connectivity index (χ2v) is 7.55. The summed E-state index contributed by atoms with van der Waals surface area (Å²) >= 11 is 0. The van der Waals surface area contributed by atoms with Gasteiger partial charge in [0.25, 0.3) is 0 Å². The van der Waals surface area contributed by atoms with E-state index in [4.69, 9.17) is 10.5 Å². The summed E-state index contributed by atoms with van der Waals surface area (Å²) in [5.41, 5.74) is 7.10. The number of halogens is 2. The van der Waals surface area contributed by atoms with Crippen LogP contribution in [0.3, 0.4) is 0 Å². The van der Waals surface area contributed by atoms with Crippen molar-refractivity contribution in [2.24, 2.45) is 18.2 Å². The molecule has 1 aromatic heterocycles. The van der Waals surface area contributed by atoms with Crippen molar-refractivity contribution in [3.63, 3.8) is 0 Å². The summed E-state index contributed by atoms with van der Waals surface area (Å²) in [6, 6.07) is 7.71. The van der Waals surface area contributed by atoms with Crippen LogP contribution in [0.25, 0.3) is 11.0 Å². The van der Waals surface area contributed by atoms with Crippen LogP contribution in [0.1, 0.15) is 46.0 Å². The maximum atomic E-state index is 12.9. The number of hydrogen-bond acceptors (Lipinski definition) is 4. The van der Waals surface area contributed by atoms with Gasteiger partial charge in [-0.15, -0.1) is 24.8 Å². The minimum Gasteiger partial charge on any atom is -0.378 e. The molecule has 3 N–H and O–H groups in total. The number of benzene rings is 1. The minimum absolute atomic E-state index is 0. The summed E-state index contributed by atoms with van der Waals surface area (Å²) in [5, 5.41) is 3.06. The normalized spacial score (nSPS) is 24.3. The van der Waals surface area contributed by atoms with Gasteiger partial charge in [-0.1, -0.05) is 26.0 Å². The van der Waals surface area contributed by atoms with Crippen molar-refractivity contribution in [2.45, 2.75) is 51.8 Å². The molecule has 0 aliphatic heterocycles. The number of nitrogens with two attached hydrogens (primary N) is 1. The largest absolute Gasteiger partial charge is 0.378 e. The molecule has 1 saturated carbocycles. The van der Waals surface area contributed by atoms with Gasteiger partial charge in [-0.3, -0.25) is 4.79 Å². The summed E-state index contributed by atoms with van der Waals surface area (Å²) in [5.74, 6) is 0.671. The number of nitrogens with one attached hydrogen (secondary N) is 1. The van der Waals surface area contributed by atoms with Crippen LogP contribution in [0.2, 0.25) is 0 Å².